The highest BCUT2D eigenvalue weighted by Gasteiger charge is 2.18. The van der Waals surface area contributed by atoms with Crippen molar-refractivity contribution < 1.29 is 19.4 Å². The molecule has 0 unspecified atom stereocenters. The van der Waals surface area contributed by atoms with Gasteiger partial charge >= 0.3 is 0 Å². The van der Waals surface area contributed by atoms with E-state index in [-0.39, 0.29) is 17.2 Å². The first-order valence-electron chi connectivity index (χ1n) is 5.99. The van der Waals surface area contributed by atoms with Crippen LogP contribution in [0.4, 0.5) is 0 Å². The van der Waals surface area contributed by atoms with E-state index in [1.807, 2.05) is 0 Å². The molecule has 0 atom stereocenters. The average Bonchev–Trinajstić information content (AvgIpc) is 2.42. The topological polar surface area (TPSA) is 85.0 Å². The van der Waals surface area contributed by atoms with Crippen LogP contribution in [-0.2, 0) is 4.74 Å². The Morgan fingerprint density at radius 1 is 1.37 bits per heavy atom. The van der Waals surface area contributed by atoms with E-state index in [4.69, 9.17) is 15.2 Å². The summed E-state index contributed by atoms with van der Waals surface area (Å²) in [6.07, 6.45) is 0. The van der Waals surface area contributed by atoms with Gasteiger partial charge in [-0.05, 0) is 12.1 Å². The number of hydrogen-bond donors (Lipinski definition) is 2. The fraction of sp³-hybridized carbons (Fsp3) is 0.462. The summed E-state index contributed by atoms with van der Waals surface area (Å²) in [5.74, 6) is 0.114. The van der Waals surface area contributed by atoms with Crippen molar-refractivity contribution in [3.63, 3.8) is 0 Å². The van der Waals surface area contributed by atoms with Crippen molar-refractivity contribution in [2.45, 2.75) is 0 Å². The molecular formula is C13H20N2O4. The first kappa shape index (κ1) is 15.3. The molecular weight excluding hydrogens is 248 g/mol. The number of rotatable bonds is 7. The van der Waals surface area contributed by atoms with Gasteiger partial charge < -0.3 is 25.2 Å². The normalized spacial score (nSPS) is 10.3. The summed E-state index contributed by atoms with van der Waals surface area (Å²) >= 11 is 0. The smallest absolute Gasteiger partial charge is 0.257 e. The number of nitrogens with two attached hydrogens (primary N) is 1. The van der Waals surface area contributed by atoms with E-state index in [9.17, 15) is 9.90 Å². The summed E-state index contributed by atoms with van der Waals surface area (Å²) < 4.78 is 9.93. The zero-order valence-electron chi connectivity index (χ0n) is 11.3. The second-order valence-electron chi connectivity index (χ2n) is 3.96. The molecule has 0 fully saturated rings. The molecule has 6 heteroatoms. The lowest BCUT2D eigenvalue weighted by Gasteiger charge is -2.22. The van der Waals surface area contributed by atoms with Gasteiger partial charge in [0.2, 0.25) is 0 Å². The molecule has 1 rings (SSSR count). The minimum Gasteiger partial charge on any atom is -0.507 e. The number of hydrogen-bond acceptors (Lipinski definition) is 5. The van der Waals surface area contributed by atoms with Crippen LogP contribution < -0.4 is 10.5 Å². The molecule has 0 radical (unpaired) electrons. The van der Waals surface area contributed by atoms with E-state index in [2.05, 4.69) is 0 Å². The van der Waals surface area contributed by atoms with Crippen molar-refractivity contribution in [1.29, 1.82) is 0 Å². The molecule has 0 saturated carbocycles. The van der Waals surface area contributed by atoms with E-state index in [1.165, 1.54) is 19.2 Å². The van der Waals surface area contributed by atoms with Crippen molar-refractivity contribution in [2.75, 3.05) is 40.5 Å². The average molecular weight is 268 g/mol. The number of methoxy groups -OCH3 is 2. The number of carbonyl (C=O) groups excluding carboxylic acids is 1. The number of aromatic hydroxyl groups is 1. The molecule has 0 heterocycles. The fourth-order valence-electron chi connectivity index (χ4n) is 1.66. The summed E-state index contributed by atoms with van der Waals surface area (Å²) in [7, 11) is 3.06. The summed E-state index contributed by atoms with van der Waals surface area (Å²) in [5.41, 5.74) is 5.71. The standard InChI is InChI=1S/C13H20N2O4/c1-18-8-7-15(6-5-14)13(17)11-4-3-10(19-2)9-12(11)16/h3-4,9,16H,5-8,14H2,1-2H3. The van der Waals surface area contributed by atoms with Crippen LogP contribution >= 0.6 is 0 Å². The Morgan fingerprint density at radius 2 is 2.11 bits per heavy atom. The quantitative estimate of drug-likeness (QED) is 0.750. The maximum atomic E-state index is 12.3. The Hall–Kier alpha value is -1.79. The first-order chi connectivity index (χ1) is 9.13. The largest absolute Gasteiger partial charge is 0.507 e. The first-order valence-corrected chi connectivity index (χ1v) is 5.99. The van der Waals surface area contributed by atoms with E-state index in [0.717, 1.165) is 0 Å². The number of amides is 1. The molecule has 0 aliphatic heterocycles. The molecule has 6 nitrogen and oxygen atoms in total. The van der Waals surface area contributed by atoms with Gasteiger partial charge in [-0.2, -0.15) is 0 Å². The van der Waals surface area contributed by atoms with Crippen LogP contribution in [0.5, 0.6) is 11.5 Å². The van der Waals surface area contributed by atoms with E-state index in [0.29, 0.717) is 32.0 Å². The van der Waals surface area contributed by atoms with Crippen LogP contribution in [-0.4, -0.2) is 56.4 Å². The van der Waals surface area contributed by atoms with Crippen molar-refractivity contribution in [3.8, 4) is 11.5 Å². The number of carbonyl (C=O) groups is 1. The summed E-state index contributed by atoms with van der Waals surface area (Å²) in [6.45, 7) is 1.61. The summed E-state index contributed by atoms with van der Waals surface area (Å²) in [5, 5.41) is 9.85. The van der Waals surface area contributed by atoms with Gasteiger partial charge in [-0.3, -0.25) is 4.79 Å². The Balaban J connectivity index is 2.89. The van der Waals surface area contributed by atoms with Gasteiger partial charge in [0.25, 0.3) is 5.91 Å². The summed E-state index contributed by atoms with van der Waals surface area (Å²) in [4.78, 5) is 13.8. The molecule has 3 N–H and O–H groups in total. The predicted octanol–water partition coefficient (Wildman–Crippen LogP) is 0.448. The number of nitrogens with zero attached hydrogens (tertiary/aromatic N) is 1. The van der Waals surface area contributed by atoms with Crippen LogP contribution in [0.3, 0.4) is 0 Å². The van der Waals surface area contributed by atoms with E-state index < -0.39 is 0 Å². The van der Waals surface area contributed by atoms with Gasteiger partial charge in [0, 0.05) is 32.8 Å². The Kier molecular flexibility index (Phi) is 6.11. The number of phenolic OH excluding ortho intramolecular Hbond substituents is 1. The molecule has 0 spiro atoms. The van der Waals surface area contributed by atoms with Gasteiger partial charge in [-0.1, -0.05) is 0 Å². The molecule has 0 aliphatic carbocycles. The van der Waals surface area contributed by atoms with Crippen molar-refractivity contribution in [3.05, 3.63) is 23.8 Å². The third-order valence-electron chi connectivity index (χ3n) is 2.69. The Labute approximate surface area is 112 Å². The lowest BCUT2D eigenvalue weighted by molar-refractivity contribution is 0.0698. The van der Waals surface area contributed by atoms with Crippen LogP contribution in [0.25, 0.3) is 0 Å². The minimum atomic E-state index is -0.275. The molecule has 106 valence electrons. The lowest BCUT2D eigenvalue weighted by Crippen LogP contribution is -2.37. The highest BCUT2D eigenvalue weighted by atomic mass is 16.5. The third-order valence-corrected chi connectivity index (χ3v) is 2.69. The van der Waals surface area contributed by atoms with Crippen molar-refractivity contribution >= 4 is 5.91 Å². The molecule has 1 aromatic carbocycles. The van der Waals surface area contributed by atoms with Gasteiger partial charge in [-0.15, -0.1) is 0 Å². The number of ether oxygens (including phenoxy) is 2. The van der Waals surface area contributed by atoms with Gasteiger partial charge in [0.1, 0.15) is 11.5 Å². The molecule has 1 aromatic rings. The molecule has 0 saturated heterocycles. The van der Waals surface area contributed by atoms with E-state index >= 15 is 0 Å². The zero-order valence-corrected chi connectivity index (χ0v) is 11.3. The maximum absolute atomic E-state index is 12.3. The highest BCUT2D eigenvalue weighted by molar-refractivity contribution is 5.97. The van der Waals surface area contributed by atoms with Crippen LogP contribution in [0.2, 0.25) is 0 Å². The molecule has 0 bridgehead atoms. The Bertz CT molecular complexity index is 423. The van der Waals surface area contributed by atoms with Gasteiger partial charge in [-0.25, -0.2) is 0 Å². The third kappa shape index (κ3) is 4.11. The second-order valence-corrected chi connectivity index (χ2v) is 3.96. The van der Waals surface area contributed by atoms with Crippen molar-refractivity contribution in [2.24, 2.45) is 5.73 Å². The lowest BCUT2D eigenvalue weighted by atomic mass is 10.1. The van der Waals surface area contributed by atoms with Crippen LogP contribution in [0.1, 0.15) is 10.4 Å². The molecule has 1 amide bonds. The highest BCUT2D eigenvalue weighted by Crippen LogP contribution is 2.24. The van der Waals surface area contributed by atoms with Gasteiger partial charge in [0.05, 0.1) is 19.3 Å². The monoisotopic (exact) mass is 268 g/mol. The Morgan fingerprint density at radius 3 is 2.63 bits per heavy atom. The number of benzene rings is 1. The number of phenols is 1. The molecule has 19 heavy (non-hydrogen) atoms. The predicted molar refractivity (Wildman–Crippen MR) is 71.5 cm³/mol. The SMILES string of the molecule is COCCN(CCN)C(=O)c1ccc(OC)cc1O. The second kappa shape index (κ2) is 7.60. The molecule has 0 aromatic heterocycles. The van der Waals surface area contributed by atoms with E-state index in [1.54, 1.807) is 18.1 Å². The van der Waals surface area contributed by atoms with Crippen LogP contribution in [0, 0.1) is 0 Å². The fourth-order valence-corrected chi connectivity index (χ4v) is 1.66. The molecule has 0 aliphatic rings. The van der Waals surface area contributed by atoms with Crippen LogP contribution in [0.15, 0.2) is 18.2 Å². The van der Waals surface area contributed by atoms with Gasteiger partial charge in [0.15, 0.2) is 0 Å². The zero-order chi connectivity index (χ0) is 14.3. The van der Waals surface area contributed by atoms with Crippen molar-refractivity contribution in [1.82, 2.24) is 4.90 Å². The maximum Gasteiger partial charge on any atom is 0.257 e. The summed E-state index contributed by atoms with van der Waals surface area (Å²) in [6, 6.07) is 4.57. The minimum absolute atomic E-state index is 0.108.